The van der Waals surface area contributed by atoms with Gasteiger partial charge in [-0.25, -0.2) is 0 Å². The second kappa shape index (κ2) is 49.8. The molecule has 0 rings (SSSR count). The Balaban J connectivity index is 5.68. The number of unbranched alkanes of at least 4 members (excludes halogenated alkanes) is 13. The molecule has 0 radical (unpaired) electrons. The molecule has 0 atom stereocenters. The quantitative estimate of drug-likeness (QED) is 0.0315. The first-order valence-electron chi connectivity index (χ1n) is 30.6. The third kappa shape index (κ3) is 50.0. The molecule has 0 saturated carbocycles. The van der Waals surface area contributed by atoms with Gasteiger partial charge in [-0.1, -0.05) is 113 Å². The molecule has 0 heterocycles. The first-order chi connectivity index (χ1) is 37.3. The van der Waals surface area contributed by atoms with Gasteiger partial charge in [-0.3, -0.25) is 38.4 Å². The average molecular weight is 1110 g/mol. The molecule has 0 N–H and O–H groups in total. The molecule has 16 nitrogen and oxygen atoms in total. The van der Waals surface area contributed by atoms with Crippen molar-refractivity contribution in [2.75, 3.05) is 52.9 Å². The van der Waals surface area contributed by atoms with Crippen LogP contribution in [0.1, 0.15) is 267 Å². The van der Waals surface area contributed by atoms with E-state index < -0.39 is 29.3 Å². The molecule has 0 aromatic carbocycles. The predicted molar refractivity (Wildman–Crippen MR) is 302 cm³/mol. The molecule has 0 amide bonds. The van der Waals surface area contributed by atoms with Crippen molar-refractivity contribution in [2.45, 2.75) is 267 Å². The van der Waals surface area contributed by atoms with Crippen LogP contribution in [-0.2, 0) is 76.3 Å². The standard InChI is InChI=1S/C62H110O16/c1-50(2)30-15-9-17-34-54(63)71-42-25-11-19-36-58(67)75-46-62(49-78-61(70)39-22-14-28-45-74-57(66)41-29-33-53(7)8,48-77-60(69)38-21-13-27-44-73-56(65)40-24-23-32-52(5)6)47-76-59(68)37-20-12-26-43-72-55(64)35-18-10-16-31-51(3)4/h50-53H,9-49H2,1-8H3. The monoisotopic (exact) mass is 1110 g/mol. The van der Waals surface area contributed by atoms with Crippen LogP contribution in [0.15, 0.2) is 0 Å². The molecule has 78 heavy (non-hydrogen) atoms. The topological polar surface area (TPSA) is 210 Å². The van der Waals surface area contributed by atoms with Gasteiger partial charge in [-0.2, -0.15) is 0 Å². The lowest BCUT2D eigenvalue weighted by Crippen LogP contribution is -2.44. The summed E-state index contributed by atoms with van der Waals surface area (Å²) in [6.45, 7) is 16.7. The van der Waals surface area contributed by atoms with E-state index in [9.17, 15) is 38.4 Å². The maximum atomic E-state index is 13.2. The Bertz CT molecular complexity index is 1530. The van der Waals surface area contributed by atoms with Crippen LogP contribution in [0.5, 0.6) is 0 Å². The summed E-state index contributed by atoms with van der Waals surface area (Å²) in [6, 6.07) is 0. The highest BCUT2D eigenvalue weighted by molar-refractivity contribution is 5.72. The van der Waals surface area contributed by atoms with Gasteiger partial charge >= 0.3 is 47.8 Å². The summed E-state index contributed by atoms with van der Waals surface area (Å²) in [5, 5.41) is 0. The number of hydrogen-bond donors (Lipinski definition) is 0. The molecular formula is C62H110O16. The number of rotatable bonds is 53. The molecule has 0 saturated heterocycles. The zero-order valence-electron chi connectivity index (χ0n) is 50.3. The maximum Gasteiger partial charge on any atom is 0.305 e. The zero-order chi connectivity index (χ0) is 58.1. The third-order valence-electron chi connectivity index (χ3n) is 13.2. The van der Waals surface area contributed by atoms with Gasteiger partial charge in [0, 0.05) is 51.4 Å². The molecule has 0 fully saturated rings. The minimum Gasteiger partial charge on any atom is -0.466 e. The minimum absolute atomic E-state index is 0.0481. The van der Waals surface area contributed by atoms with Crippen molar-refractivity contribution in [1.29, 1.82) is 0 Å². The third-order valence-corrected chi connectivity index (χ3v) is 13.2. The van der Waals surface area contributed by atoms with Crippen LogP contribution in [0, 0.1) is 29.1 Å². The van der Waals surface area contributed by atoms with Crippen LogP contribution in [0.3, 0.4) is 0 Å². The van der Waals surface area contributed by atoms with Crippen molar-refractivity contribution >= 4 is 47.8 Å². The van der Waals surface area contributed by atoms with Crippen LogP contribution in [0.4, 0.5) is 0 Å². The van der Waals surface area contributed by atoms with Gasteiger partial charge in [0.15, 0.2) is 0 Å². The second-order valence-corrected chi connectivity index (χ2v) is 23.2. The van der Waals surface area contributed by atoms with Gasteiger partial charge in [0.25, 0.3) is 0 Å². The predicted octanol–water partition coefficient (Wildman–Crippen LogP) is 13.8. The summed E-state index contributed by atoms with van der Waals surface area (Å²) in [7, 11) is 0. The summed E-state index contributed by atoms with van der Waals surface area (Å²) in [6.07, 6.45) is 20.9. The van der Waals surface area contributed by atoms with Gasteiger partial charge in [0.1, 0.15) is 31.8 Å². The molecule has 0 aliphatic carbocycles. The number of carbonyl (C=O) groups excluding carboxylic acids is 8. The molecule has 0 aliphatic rings. The summed E-state index contributed by atoms with van der Waals surface area (Å²) < 4.78 is 44.5. The van der Waals surface area contributed by atoms with Crippen LogP contribution >= 0.6 is 0 Å². The van der Waals surface area contributed by atoms with Gasteiger partial charge in [0.2, 0.25) is 0 Å². The van der Waals surface area contributed by atoms with Crippen molar-refractivity contribution in [2.24, 2.45) is 29.1 Å². The van der Waals surface area contributed by atoms with Crippen molar-refractivity contribution in [1.82, 2.24) is 0 Å². The van der Waals surface area contributed by atoms with Crippen LogP contribution < -0.4 is 0 Å². The number of carbonyl (C=O) groups is 8. The molecular weight excluding hydrogens is 1000 g/mol. The fraction of sp³-hybridized carbons (Fsp3) is 0.871. The number of esters is 8. The Kier molecular flexibility index (Phi) is 47.1. The van der Waals surface area contributed by atoms with Crippen LogP contribution in [0.25, 0.3) is 0 Å². The highest BCUT2D eigenvalue weighted by Gasteiger charge is 2.38. The normalized spacial score (nSPS) is 11.5. The van der Waals surface area contributed by atoms with E-state index in [0.717, 1.165) is 83.5 Å². The molecule has 0 spiro atoms. The first kappa shape index (κ1) is 73.8. The van der Waals surface area contributed by atoms with Crippen molar-refractivity contribution in [3.05, 3.63) is 0 Å². The fourth-order valence-corrected chi connectivity index (χ4v) is 8.17. The lowest BCUT2D eigenvalue weighted by atomic mass is 9.92. The van der Waals surface area contributed by atoms with Crippen molar-refractivity contribution in [3.63, 3.8) is 0 Å². The summed E-state index contributed by atoms with van der Waals surface area (Å²) in [4.78, 5) is 101. The SMILES string of the molecule is CC(C)CCCCCC(=O)OCCCCCC(=O)OCC(COC(=O)CCCCCOC(=O)CCCCCC(C)C)(COC(=O)CCCCCOC(=O)CCCCC(C)C)COC(=O)CCCCCOC(=O)CCCC(C)C. The highest BCUT2D eigenvalue weighted by atomic mass is 16.6. The molecule has 0 aromatic rings. The highest BCUT2D eigenvalue weighted by Crippen LogP contribution is 2.24. The van der Waals surface area contributed by atoms with Crippen molar-refractivity contribution < 1.29 is 76.3 Å². The second-order valence-electron chi connectivity index (χ2n) is 23.2. The van der Waals surface area contributed by atoms with E-state index in [4.69, 9.17) is 37.9 Å². The first-order valence-corrected chi connectivity index (χ1v) is 30.6. The maximum absolute atomic E-state index is 13.2. The Hall–Kier alpha value is -4.24. The van der Waals surface area contributed by atoms with Crippen molar-refractivity contribution in [3.8, 4) is 0 Å². The average Bonchev–Trinajstić information content (AvgIpc) is 3.38. The number of ether oxygens (including phenoxy) is 8. The zero-order valence-corrected chi connectivity index (χ0v) is 50.3. The molecule has 0 aromatic heterocycles. The van der Waals surface area contributed by atoms with E-state index in [2.05, 4.69) is 55.4 Å². The molecule has 16 heteroatoms. The van der Waals surface area contributed by atoms with Gasteiger partial charge in [0.05, 0.1) is 26.4 Å². The summed E-state index contributed by atoms with van der Waals surface area (Å²) >= 11 is 0. The lowest BCUT2D eigenvalue weighted by Gasteiger charge is -2.31. The largest absolute Gasteiger partial charge is 0.466 e. The van der Waals surface area contributed by atoms with E-state index in [1.165, 1.54) is 0 Å². The molecule has 0 bridgehead atoms. The van der Waals surface area contributed by atoms with Crippen LogP contribution in [0.2, 0.25) is 0 Å². The minimum atomic E-state index is -1.45. The molecule has 454 valence electrons. The Morgan fingerprint density at radius 3 is 0.654 bits per heavy atom. The Labute approximate surface area is 471 Å². The van der Waals surface area contributed by atoms with E-state index in [1.807, 2.05) is 0 Å². The fourth-order valence-electron chi connectivity index (χ4n) is 8.17. The number of hydrogen-bond acceptors (Lipinski definition) is 16. The van der Waals surface area contributed by atoms with Crippen LogP contribution in [-0.4, -0.2) is 101 Å². The summed E-state index contributed by atoms with van der Waals surface area (Å²) in [5.41, 5.74) is -1.45. The Morgan fingerprint density at radius 2 is 0.410 bits per heavy atom. The Morgan fingerprint density at radius 1 is 0.231 bits per heavy atom. The molecule has 0 aliphatic heterocycles. The van der Waals surface area contributed by atoms with E-state index in [0.29, 0.717) is 126 Å². The molecule has 0 unspecified atom stereocenters. The lowest BCUT2D eigenvalue weighted by molar-refractivity contribution is -0.171. The smallest absolute Gasteiger partial charge is 0.305 e. The van der Waals surface area contributed by atoms with E-state index in [-0.39, 0.29) is 102 Å². The van der Waals surface area contributed by atoms with E-state index in [1.54, 1.807) is 0 Å². The summed E-state index contributed by atoms with van der Waals surface area (Å²) in [5.74, 6) is -0.728. The van der Waals surface area contributed by atoms with Gasteiger partial charge in [-0.15, -0.1) is 0 Å². The van der Waals surface area contributed by atoms with E-state index >= 15 is 0 Å². The van der Waals surface area contributed by atoms with Gasteiger partial charge in [-0.05, 0) is 126 Å². The van der Waals surface area contributed by atoms with Gasteiger partial charge < -0.3 is 37.9 Å².